The number of hydrogen-bond acceptors (Lipinski definition) is 2. The monoisotopic (exact) mass is 336 g/mol. The number of halogens is 2. The molecule has 0 saturated heterocycles. The Balaban J connectivity index is 1.94. The molecule has 0 N–H and O–H groups in total. The minimum atomic E-state index is -0.643. The molecule has 4 aromatic rings. The van der Waals surface area contributed by atoms with E-state index in [-0.39, 0.29) is 5.56 Å². The molecule has 2 heterocycles. The van der Waals surface area contributed by atoms with Crippen molar-refractivity contribution in [2.45, 2.75) is 0 Å². The van der Waals surface area contributed by atoms with Crippen molar-refractivity contribution in [3.63, 3.8) is 0 Å². The Morgan fingerprint density at radius 2 is 1.72 bits per heavy atom. The van der Waals surface area contributed by atoms with Crippen LogP contribution in [0.25, 0.3) is 28.0 Å². The molecule has 0 unspecified atom stereocenters. The van der Waals surface area contributed by atoms with Crippen molar-refractivity contribution in [1.29, 1.82) is 0 Å². The van der Waals surface area contributed by atoms with Crippen molar-refractivity contribution in [2.24, 2.45) is 0 Å². The van der Waals surface area contributed by atoms with Crippen LogP contribution in [0.1, 0.15) is 0 Å². The van der Waals surface area contributed by atoms with Gasteiger partial charge in [0.05, 0.1) is 19.0 Å². The van der Waals surface area contributed by atoms with Crippen LogP contribution in [-0.2, 0) is 0 Å². The predicted molar refractivity (Wildman–Crippen MR) is 92.5 cm³/mol. The number of ether oxygens (including phenoxy) is 1. The lowest BCUT2D eigenvalue weighted by atomic mass is 10.1. The molecular formula is C20H14F2N2O. The Morgan fingerprint density at radius 3 is 2.44 bits per heavy atom. The Bertz CT molecular complexity index is 1060. The molecule has 0 amide bonds. The standard InChI is InChI=1S/C20H14F2N2O/c1-25-20-10-14(13-5-3-2-4-6-13)9-19-23-12-18(24(19)20)16-8-7-15(21)11-17(16)22/h2-12H,1H3. The molecule has 0 atom stereocenters. The van der Waals surface area contributed by atoms with Gasteiger partial charge in [0.25, 0.3) is 0 Å². The fraction of sp³-hybridized carbons (Fsp3) is 0.0500. The van der Waals surface area contributed by atoms with Crippen molar-refractivity contribution in [1.82, 2.24) is 9.38 Å². The molecule has 0 saturated carbocycles. The fourth-order valence-electron chi connectivity index (χ4n) is 2.91. The second kappa shape index (κ2) is 6.02. The molecule has 0 radical (unpaired) electrons. The van der Waals surface area contributed by atoms with Crippen LogP contribution in [0, 0.1) is 11.6 Å². The van der Waals surface area contributed by atoms with Gasteiger partial charge in [0.2, 0.25) is 0 Å². The van der Waals surface area contributed by atoms with E-state index >= 15 is 0 Å². The molecule has 0 bridgehead atoms. The van der Waals surface area contributed by atoms with E-state index in [4.69, 9.17) is 4.74 Å². The van der Waals surface area contributed by atoms with Gasteiger partial charge in [-0.25, -0.2) is 13.8 Å². The van der Waals surface area contributed by atoms with E-state index in [0.29, 0.717) is 17.2 Å². The first kappa shape index (κ1) is 15.3. The molecule has 0 aliphatic heterocycles. The van der Waals surface area contributed by atoms with Gasteiger partial charge in [-0.15, -0.1) is 0 Å². The molecule has 0 aliphatic rings. The summed E-state index contributed by atoms with van der Waals surface area (Å²) in [4.78, 5) is 4.38. The molecule has 0 spiro atoms. The highest BCUT2D eigenvalue weighted by Gasteiger charge is 2.16. The Hall–Kier alpha value is -3.21. The maximum absolute atomic E-state index is 14.2. The smallest absolute Gasteiger partial charge is 0.200 e. The van der Waals surface area contributed by atoms with Gasteiger partial charge in [-0.1, -0.05) is 30.3 Å². The number of benzene rings is 2. The number of pyridine rings is 1. The maximum atomic E-state index is 14.2. The van der Waals surface area contributed by atoms with Crippen LogP contribution in [0.2, 0.25) is 0 Å². The van der Waals surface area contributed by atoms with Gasteiger partial charge in [0.15, 0.2) is 5.88 Å². The minimum Gasteiger partial charge on any atom is -0.482 e. The lowest BCUT2D eigenvalue weighted by Crippen LogP contribution is -1.98. The molecule has 5 heteroatoms. The third-order valence-corrected chi connectivity index (χ3v) is 4.10. The summed E-state index contributed by atoms with van der Waals surface area (Å²) >= 11 is 0. The maximum Gasteiger partial charge on any atom is 0.200 e. The normalized spacial score (nSPS) is 11.0. The predicted octanol–water partition coefficient (Wildman–Crippen LogP) is 4.96. The van der Waals surface area contributed by atoms with Crippen LogP contribution < -0.4 is 4.74 Å². The van der Waals surface area contributed by atoms with E-state index in [0.717, 1.165) is 17.2 Å². The van der Waals surface area contributed by atoms with E-state index < -0.39 is 11.6 Å². The second-order valence-electron chi connectivity index (χ2n) is 5.61. The quantitative estimate of drug-likeness (QED) is 0.529. The van der Waals surface area contributed by atoms with Gasteiger partial charge in [0.1, 0.15) is 17.3 Å². The van der Waals surface area contributed by atoms with E-state index in [2.05, 4.69) is 4.98 Å². The third-order valence-electron chi connectivity index (χ3n) is 4.10. The van der Waals surface area contributed by atoms with Gasteiger partial charge < -0.3 is 4.74 Å². The van der Waals surface area contributed by atoms with Crippen molar-refractivity contribution >= 4 is 5.65 Å². The summed E-state index contributed by atoms with van der Waals surface area (Å²) < 4.78 is 34.6. The second-order valence-corrected chi connectivity index (χ2v) is 5.61. The molecule has 2 aromatic carbocycles. The summed E-state index contributed by atoms with van der Waals surface area (Å²) in [5.74, 6) is -0.739. The van der Waals surface area contributed by atoms with Crippen molar-refractivity contribution in [2.75, 3.05) is 7.11 Å². The highest BCUT2D eigenvalue weighted by Crippen LogP contribution is 2.32. The van der Waals surface area contributed by atoms with Crippen LogP contribution in [0.3, 0.4) is 0 Å². The Labute approximate surface area is 143 Å². The number of methoxy groups -OCH3 is 1. The number of rotatable bonds is 3. The summed E-state index contributed by atoms with van der Waals surface area (Å²) in [7, 11) is 1.55. The molecule has 0 aliphatic carbocycles. The Kier molecular flexibility index (Phi) is 3.69. The van der Waals surface area contributed by atoms with Crippen LogP contribution in [0.4, 0.5) is 8.78 Å². The molecule has 25 heavy (non-hydrogen) atoms. The summed E-state index contributed by atoms with van der Waals surface area (Å²) in [6, 6.07) is 17.1. The van der Waals surface area contributed by atoms with Crippen molar-refractivity contribution in [3.8, 4) is 28.3 Å². The molecule has 4 rings (SSSR count). The number of imidazole rings is 1. The molecule has 124 valence electrons. The van der Waals surface area contributed by atoms with E-state index in [1.54, 1.807) is 17.7 Å². The lowest BCUT2D eigenvalue weighted by molar-refractivity contribution is 0.393. The van der Waals surface area contributed by atoms with Crippen LogP contribution in [0.5, 0.6) is 5.88 Å². The number of nitrogens with zero attached hydrogens (tertiary/aromatic N) is 2. The van der Waals surface area contributed by atoms with E-state index in [1.807, 2.05) is 42.5 Å². The summed E-state index contributed by atoms with van der Waals surface area (Å²) in [5, 5.41) is 0. The molecule has 2 aromatic heterocycles. The highest BCUT2D eigenvalue weighted by atomic mass is 19.1. The Morgan fingerprint density at radius 1 is 0.920 bits per heavy atom. The molecular weight excluding hydrogens is 322 g/mol. The average Bonchev–Trinajstić information content (AvgIpc) is 3.05. The summed E-state index contributed by atoms with van der Waals surface area (Å²) in [6.45, 7) is 0. The zero-order valence-corrected chi connectivity index (χ0v) is 13.4. The van der Waals surface area contributed by atoms with Gasteiger partial charge in [-0.05, 0) is 29.3 Å². The van der Waals surface area contributed by atoms with E-state index in [9.17, 15) is 8.78 Å². The SMILES string of the molecule is COc1cc(-c2ccccc2)cc2ncc(-c3ccc(F)cc3F)n12. The minimum absolute atomic E-state index is 0.264. The summed E-state index contributed by atoms with van der Waals surface area (Å²) in [5.41, 5.74) is 3.36. The third kappa shape index (κ3) is 2.63. The number of fused-ring (bicyclic) bond motifs is 1. The van der Waals surface area contributed by atoms with Crippen LogP contribution in [-0.4, -0.2) is 16.5 Å². The summed E-state index contributed by atoms with van der Waals surface area (Å²) in [6.07, 6.45) is 1.56. The lowest BCUT2D eigenvalue weighted by Gasteiger charge is -2.11. The van der Waals surface area contributed by atoms with E-state index in [1.165, 1.54) is 12.1 Å². The number of aromatic nitrogens is 2. The zero-order chi connectivity index (χ0) is 17.4. The van der Waals surface area contributed by atoms with Crippen molar-refractivity contribution < 1.29 is 13.5 Å². The zero-order valence-electron chi connectivity index (χ0n) is 13.4. The molecule has 0 fully saturated rings. The molecule has 3 nitrogen and oxygen atoms in total. The highest BCUT2D eigenvalue weighted by molar-refractivity contribution is 5.73. The average molecular weight is 336 g/mol. The fourth-order valence-corrected chi connectivity index (χ4v) is 2.91. The number of hydrogen-bond donors (Lipinski definition) is 0. The van der Waals surface area contributed by atoms with Crippen LogP contribution >= 0.6 is 0 Å². The first-order chi connectivity index (χ1) is 12.2. The largest absolute Gasteiger partial charge is 0.482 e. The van der Waals surface area contributed by atoms with Gasteiger partial charge >= 0.3 is 0 Å². The van der Waals surface area contributed by atoms with Gasteiger partial charge in [0, 0.05) is 17.7 Å². The first-order valence-electron chi connectivity index (χ1n) is 7.74. The first-order valence-corrected chi connectivity index (χ1v) is 7.74. The van der Waals surface area contributed by atoms with Gasteiger partial charge in [-0.2, -0.15) is 0 Å². The topological polar surface area (TPSA) is 26.5 Å². The van der Waals surface area contributed by atoms with Crippen LogP contribution in [0.15, 0.2) is 66.9 Å². The van der Waals surface area contributed by atoms with Gasteiger partial charge in [-0.3, -0.25) is 4.40 Å². The van der Waals surface area contributed by atoms with Crippen molar-refractivity contribution in [3.05, 3.63) is 78.5 Å².